The van der Waals surface area contributed by atoms with Crippen molar-refractivity contribution in [1.29, 1.82) is 0 Å². The Hall–Kier alpha value is -2.42. The topological polar surface area (TPSA) is 114 Å². The van der Waals surface area contributed by atoms with E-state index in [4.69, 9.17) is 32.5 Å². The van der Waals surface area contributed by atoms with Crippen molar-refractivity contribution in [1.82, 2.24) is 19.6 Å². The largest absolute Gasteiger partial charge is 0.493 e. The van der Waals surface area contributed by atoms with E-state index in [2.05, 4.69) is 15.1 Å². The number of nitrogens with two attached hydrogens (primary N) is 2. The van der Waals surface area contributed by atoms with Crippen molar-refractivity contribution >= 4 is 23.2 Å². The maximum atomic E-state index is 6.15. The number of nitrogens with zero attached hydrogens (tertiary/aromatic N) is 4. The van der Waals surface area contributed by atoms with Crippen LogP contribution in [0.1, 0.15) is 24.0 Å². The molecule has 0 fully saturated rings. The molecule has 0 radical (unpaired) electrons. The molecule has 8 nitrogen and oxygen atoms in total. The number of hydrogen-bond acceptors (Lipinski definition) is 7. The summed E-state index contributed by atoms with van der Waals surface area (Å²) in [6, 6.07) is 5.62. The molecule has 3 rings (SSSR count). The first-order chi connectivity index (χ1) is 13.1. The van der Waals surface area contributed by atoms with E-state index in [9.17, 15) is 0 Å². The molecule has 2 heterocycles. The van der Waals surface area contributed by atoms with E-state index in [1.807, 2.05) is 18.2 Å². The van der Waals surface area contributed by atoms with E-state index in [1.165, 1.54) is 10.8 Å². The zero-order valence-electron chi connectivity index (χ0n) is 15.1. The maximum absolute atomic E-state index is 6.15. The lowest BCUT2D eigenvalue weighted by atomic mass is 10.1. The highest BCUT2D eigenvalue weighted by atomic mass is 35.5. The highest BCUT2D eigenvalue weighted by Crippen LogP contribution is 2.27. The zero-order chi connectivity index (χ0) is 19.2. The summed E-state index contributed by atoms with van der Waals surface area (Å²) in [7, 11) is 1.65. The van der Waals surface area contributed by atoms with E-state index in [0.29, 0.717) is 36.3 Å². The van der Waals surface area contributed by atoms with E-state index >= 15 is 0 Å². The van der Waals surface area contributed by atoms with Gasteiger partial charge in [-0.15, -0.1) is 0 Å². The van der Waals surface area contributed by atoms with Crippen LogP contribution in [0.15, 0.2) is 30.7 Å². The summed E-state index contributed by atoms with van der Waals surface area (Å²) in [5.41, 5.74) is 14.4. The third kappa shape index (κ3) is 4.85. The minimum absolute atomic E-state index is 0.0151. The molecule has 0 unspecified atom stereocenters. The molecule has 0 aliphatic rings. The van der Waals surface area contributed by atoms with Gasteiger partial charge in [0.05, 0.1) is 19.4 Å². The fourth-order valence-electron chi connectivity index (χ4n) is 2.84. The Morgan fingerprint density at radius 3 is 2.93 bits per heavy atom. The summed E-state index contributed by atoms with van der Waals surface area (Å²) in [4.78, 5) is 8.21. The Morgan fingerprint density at radius 1 is 1.26 bits per heavy atom. The summed E-state index contributed by atoms with van der Waals surface area (Å²) >= 11 is 6.15. The molecule has 0 aliphatic carbocycles. The molecule has 0 saturated carbocycles. The summed E-state index contributed by atoms with van der Waals surface area (Å²) in [5, 5.41) is 4.87. The third-order valence-corrected chi connectivity index (χ3v) is 4.41. The number of ether oxygens (including phenoxy) is 2. The standard InChI is InChI=1S/C18H23ClN6O2/c1-26-10-15(20)3-2-6-27-16-8-14(19)5-4-12(16)7-13-9-24-25-17(13)22-11-23-18(25)21/h4-5,8-9,11,15H,2-3,6-7,10,20H2,1H3,(H2,21,22,23)/t15-/m1/s1. The molecule has 0 bridgehead atoms. The van der Waals surface area contributed by atoms with Crippen LogP contribution in [0.3, 0.4) is 0 Å². The minimum atomic E-state index is 0.0151. The van der Waals surface area contributed by atoms with Gasteiger partial charge in [-0.1, -0.05) is 17.7 Å². The Bertz CT molecular complexity index is 901. The summed E-state index contributed by atoms with van der Waals surface area (Å²) < 4.78 is 12.5. The number of halogens is 1. The number of benzene rings is 1. The number of fused-ring (bicyclic) bond motifs is 1. The normalized spacial score (nSPS) is 12.4. The molecule has 2 aromatic heterocycles. The zero-order valence-corrected chi connectivity index (χ0v) is 15.9. The van der Waals surface area contributed by atoms with Crippen LogP contribution in [-0.4, -0.2) is 45.9 Å². The van der Waals surface area contributed by atoms with Crippen molar-refractivity contribution in [2.24, 2.45) is 5.73 Å². The first kappa shape index (κ1) is 19.3. The minimum Gasteiger partial charge on any atom is -0.493 e. The van der Waals surface area contributed by atoms with Gasteiger partial charge in [0.2, 0.25) is 5.95 Å². The molecule has 27 heavy (non-hydrogen) atoms. The summed E-state index contributed by atoms with van der Waals surface area (Å²) in [6.45, 7) is 1.09. The smallest absolute Gasteiger partial charge is 0.224 e. The van der Waals surface area contributed by atoms with Crippen molar-refractivity contribution in [2.75, 3.05) is 26.1 Å². The van der Waals surface area contributed by atoms with Gasteiger partial charge < -0.3 is 20.9 Å². The predicted octanol–water partition coefficient (Wildman–Crippen LogP) is 2.08. The number of nitrogen functional groups attached to an aromatic ring is 1. The molecule has 0 amide bonds. The number of methoxy groups -OCH3 is 1. The summed E-state index contributed by atoms with van der Waals surface area (Å²) in [6.07, 6.45) is 5.42. The molecule has 3 aromatic rings. The van der Waals surface area contributed by atoms with Gasteiger partial charge in [0.25, 0.3) is 0 Å². The van der Waals surface area contributed by atoms with E-state index in [1.54, 1.807) is 13.3 Å². The molecule has 4 N–H and O–H groups in total. The second-order valence-electron chi connectivity index (χ2n) is 6.27. The maximum Gasteiger partial charge on any atom is 0.224 e. The van der Waals surface area contributed by atoms with Crippen molar-refractivity contribution in [3.63, 3.8) is 0 Å². The molecule has 0 spiro atoms. The second kappa shape index (κ2) is 8.98. The fraction of sp³-hybridized carbons (Fsp3) is 0.389. The lowest BCUT2D eigenvalue weighted by molar-refractivity contribution is 0.172. The van der Waals surface area contributed by atoms with Crippen LogP contribution in [0.2, 0.25) is 5.02 Å². The van der Waals surface area contributed by atoms with Crippen LogP contribution in [0, 0.1) is 0 Å². The lowest BCUT2D eigenvalue weighted by Gasteiger charge is -2.13. The summed E-state index contributed by atoms with van der Waals surface area (Å²) in [5.74, 6) is 1.04. The number of anilines is 1. The van der Waals surface area contributed by atoms with Crippen LogP contribution in [-0.2, 0) is 11.2 Å². The van der Waals surface area contributed by atoms with Crippen LogP contribution in [0.4, 0.5) is 5.95 Å². The Morgan fingerprint density at radius 2 is 2.11 bits per heavy atom. The fourth-order valence-corrected chi connectivity index (χ4v) is 3.00. The van der Waals surface area contributed by atoms with Gasteiger partial charge in [-0.2, -0.15) is 9.61 Å². The lowest BCUT2D eigenvalue weighted by Crippen LogP contribution is -2.25. The SMILES string of the molecule is COC[C@H](N)CCCOc1cc(Cl)ccc1Cc1cnn2c(N)ncnc12. The molecule has 9 heteroatoms. The Labute approximate surface area is 162 Å². The van der Waals surface area contributed by atoms with Gasteiger partial charge in [0.1, 0.15) is 12.1 Å². The van der Waals surface area contributed by atoms with Crippen LogP contribution < -0.4 is 16.2 Å². The Kier molecular flexibility index (Phi) is 6.44. The molecular weight excluding hydrogens is 368 g/mol. The first-order valence-electron chi connectivity index (χ1n) is 8.67. The highest BCUT2D eigenvalue weighted by molar-refractivity contribution is 6.30. The van der Waals surface area contributed by atoms with Crippen LogP contribution in [0.5, 0.6) is 5.75 Å². The van der Waals surface area contributed by atoms with Crippen molar-refractivity contribution in [2.45, 2.75) is 25.3 Å². The molecule has 144 valence electrons. The molecule has 1 aromatic carbocycles. The van der Waals surface area contributed by atoms with Gasteiger partial charge in [0, 0.05) is 30.2 Å². The van der Waals surface area contributed by atoms with Gasteiger partial charge in [0.15, 0.2) is 5.65 Å². The molecule has 0 aliphatic heterocycles. The average Bonchev–Trinajstić information content (AvgIpc) is 3.05. The van der Waals surface area contributed by atoms with Gasteiger partial charge in [-0.05, 0) is 30.5 Å². The van der Waals surface area contributed by atoms with E-state index < -0.39 is 0 Å². The quantitative estimate of drug-likeness (QED) is 0.537. The number of hydrogen-bond donors (Lipinski definition) is 2. The van der Waals surface area contributed by atoms with Crippen molar-refractivity contribution < 1.29 is 9.47 Å². The van der Waals surface area contributed by atoms with Gasteiger partial charge >= 0.3 is 0 Å². The average molecular weight is 391 g/mol. The van der Waals surface area contributed by atoms with E-state index in [0.717, 1.165) is 29.7 Å². The Balaban J connectivity index is 1.71. The van der Waals surface area contributed by atoms with Crippen LogP contribution in [0.25, 0.3) is 5.65 Å². The molecule has 0 saturated heterocycles. The monoisotopic (exact) mass is 390 g/mol. The number of rotatable bonds is 9. The molecule has 1 atom stereocenters. The third-order valence-electron chi connectivity index (χ3n) is 4.17. The van der Waals surface area contributed by atoms with Gasteiger partial charge in [-0.3, -0.25) is 0 Å². The molecular formula is C18H23ClN6O2. The van der Waals surface area contributed by atoms with Crippen molar-refractivity contribution in [3.05, 3.63) is 46.9 Å². The van der Waals surface area contributed by atoms with E-state index in [-0.39, 0.29) is 6.04 Å². The predicted molar refractivity (Wildman–Crippen MR) is 104 cm³/mol. The van der Waals surface area contributed by atoms with Crippen LogP contribution >= 0.6 is 11.6 Å². The van der Waals surface area contributed by atoms with Gasteiger partial charge in [-0.25, -0.2) is 9.97 Å². The second-order valence-corrected chi connectivity index (χ2v) is 6.71. The first-order valence-corrected chi connectivity index (χ1v) is 9.05. The highest BCUT2D eigenvalue weighted by Gasteiger charge is 2.12. The number of aromatic nitrogens is 4. The van der Waals surface area contributed by atoms with Crippen molar-refractivity contribution in [3.8, 4) is 5.75 Å².